The maximum Gasteiger partial charge on any atom is 0.331 e. The minimum atomic E-state index is -1.18. The lowest BCUT2D eigenvalue weighted by molar-refractivity contribution is -0.145. The molecule has 1 aromatic rings. The van der Waals surface area contributed by atoms with Crippen LogP contribution in [-0.4, -0.2) is 23.7 Å². The van der Waals surface area contributed by atoms with Gasteiger partial charge in [-0.25, -0.2) is 4.79 Å². The number of aryl methyl sites for hydroxylation is 1. The van der Waals surface area contributed by atoms with Gasteiger partial charge in [-0.2, -0.15) is 0 Å². The summed E-state index contributed by atoms with van der Waals surface area (Å²) in [4.78, 5) is 22.8. The minimum Gasteiger partial charge on any atom is -0.465 e. The number of benzene rings is 1. The van der Waals surface area contributed by atoms with Gasteiger partial charge in [0.25, 0.3) is 0 Å². The number of halogens is 1. The van der Waals surface area contributed by atoms with E-state index in [0.717, 1.165) is 5.56 Å². The van der Waals surface area contributed by atoms with Crippen molar-refractivity contribution in [2.24, 2.45) is 0 Å². The second-order valence-electron chi connectivity index (χ2n) is 3.57. The molecular weight excluding hydrogens is 240 g/mol. The lowest BCUT2D eigenvalue weighted by Crippen LogP contribution is -2.27. The molecule has 1 rings (SSSR count). The van der Waals surface area contributed by atoms with E-state index in [-0.39, 0.29) is 18.8 Å². The summed E-state index contributed by atoms with van der Waals surface area (Å²) in [5, 5.41) is -1.18. The number of hydrogen-bond acceptors (Lipinski definition) is 3. The van der Waals surface area contributed by atoms with Crippen molar-refractivity contribution >= 4 is 23.4 Å². The Hall–Kier alpha value is -1.35. The first-order valence-corrected chi connectivity index (χ1v) is 5.96. The molecule has 1 atom stereocenters. The van der Waals surface area contributed by atoms with E-state index in [1.165, 1.54) is 0 Å². The van der Waals surface area contributed by atoms with E-state index in [1.54, 1.807) is 6.92 Å². The summed E-state index contributed by atoms with van der Waals surface area (Å²) in [5.41, 5.74) is 1.05. The summed E-state index contributed by atoms with van der Waals surface area (Å²) in [6.45, 7) is 1.91. The van der Waals surface area contributed by atoms with Crippen molar-refractivity contribution in [2.75, 3.05) is 6.61 Å². The van der Waals surface area contributed by atoms with Gasteiger partial charge in [0, 0.05) is 6.42 Å². The van der Waals surface area contributed by atoms with Crippen molar-refractivity contribution in [3.63, 3.8) is 0 Å². The number of rotatable bonds is 6. The van der Waals surface area contributed by atoms with Gasteiger partial charge >= 0.3 is 5.97 Å². The molecule has 3 nitrogen and oxygen atoms in total. The molecule has 17 heavy (non-hydrogen) atoms. The fourth-order valence-corrected chi connectivity index (χ4v) is 1.56. The standard InChI is InChI=1S/C13H15ClO3/c1-2-17-13(16)12(14)11(15)9-8-10-6-4-3-5-7-10/h3-7,12H,2,8-9H2,1H3/t12-/m1/s1. The van der Waals surface area contributed by atoms with E-state index < -0.39 is 11.3 Å². The van der Waals surface area contributed by atoms with Gasteiger partial charge in [-0.15, -0.1) is 11.6 Å². The third kappa shape index (κ3) is 4.57. The topological polar surface area (TPSA) is 43.4 Å². The first-order chi connectivity index (χ1) is 8.15. The number of Topliss-reactive ketones (excluding diaryl/α,β-unsaturated/α-hetero) is 1. The Kier molecular flexibility index (Phi) is 5.70. The van der Waals surface area contributed by atoms with Crippen LogP contribution in [0.3, 0.4) is 0 Å². The van der Waals surface area contributed by atoms with Crippen LogP contribution in [0.1, 0.15) is 18.9 Å². The number of alkyl halides is 1. The largest absolute Gasteiger partial charge is 0.465 e. The van der Waals surface area contributed by atoms with Gasteiger partial charge in [0.1, 0.15) is 0 Å². The van der Waals surface area contributed by atoms with Gasteiger partial charge < -0.3 is 4.74 Å². The van der Waals surface area contributed by atoms with Crippen LogP contribution in [0.2, 0.25) is 0 Å². The number of ketones is 1. The Balaban J connectivity index is 2.42. The number of carbonyl (C=O) groups excluding carboxylic acids is 2. The summed E-state index contributed by atoms with van der Waals surface area (Å²) < 4.78 is 4.69. The molecule has 0 saturated carbocycles. The molecule has 0 aliphatic carbocycles. The Morgan fingerprint density at radius 2 is 1.94 bits per heavy atom. The smallest absolute Gasteiger partial charge is 0.331 e. The van der Waals surface area contributed by atoms with E-state index >= 15 is 0 Å². The highest BCUT2D eigenvalue weighted by Crippen LogP contribution is 2.08. The second kappa shape index (κ2) is 7.07. The zero-order valence-electron chi connectivity index (χ0n) is 9.69. The molecule has 0 heterocycles. The molecule has 0 spiro atoms. The average molecular weight is 255 g/mol. The van der Waals surface area contributed by atoms with Gasteiger partial charge in [-0.3, -0.25) is 4.79 Å². The monoisotopic (exact) mass is 254 g/mol. The second-order valence-corrected chi connectivity index (χ2v) is 4.00. The molecule has 0 amide bonds. The number of esters is 1. The number of hydrogen-bond donors (Lipinski definition) is 0. The highest BCUT2D eigenvalue weighted by Gasteiger charge is 2.24. The van der Waals surface area contributed by atoms with Crippen LogP contribution in [0.25, 0.3) is 0 Å². The Morgan fingerprint density at radius 1 is 1.29 bits per heavy atom. The first kappa shape index (κ1) is 13.7. The van der Waals surface area contributed by atoms with Crippen molar-refractivity contribution in [2.45, 2.75) is 25.1 Å². The molecule has 0 radical (unpaired) electrons. The van der Waals surface area contributed by atoms with Crippen molar-refractivity contribution in [3.05, 3.63) is 35.9 Å². The summed E-state index contributed by atoms with van der Waals surface area (Å²) in [6.07, 6.45) is 0.833. The summed E-state index contributed by atoms with van der Waals surface area (Å²) >= 11 is 5.70. The molecule has 0 fully saturated rings. The SMILES string of the molecule is CCOC(=O)[C@H](Cl)C(=O)CCc1ccccc1. The predicted octanol–water partition coefficient (Wildman–Crippen LogP) is 2.36. The number of ether oxygens (including phenoxy) is 1. The molecule has 1 aromatic carbocycles. The molecular formula is C13H15ClO3. The van der Waals surface area contributed by atoms with E-state index in [2.05, 4.69) is 4.74 Å². The first-order valence-electron chi connectivity index (χ1n) is 5.52. The molecule has 0 saturated heterocycles. The van der Waals surface area contributed by atoms with Crippen LogP contribution < -0.4 is 0 Å². The molecule has 4 heteroatoms. The van der Waals surface area contributed by atoms with E-state index in [0.29, 0.717) is 6.42 Å². The maximum atomic E-state index is 11.6. The van der Waals surface area contributed by atoms with Crippen LogP contribution in [-0.2, 0) is 20.7 Å². The fraction of sp³-hybridized carbons (Fsp3) is 0.385. The van der Waals surface area contributed by atoms with Gasteiger partial charge in [0.2, 0.25) is 0 Å². The van der Waals surface area contributed by atoms with Crippen molar-refractivity contribution in [3.8, 4) is 0 Å². The zero-order chi connectivity index (χ0) is 12.7. The lowest BCUT2D eigenvalue weighted by atomic mass is 10.1. The summed E-state index contributed by atoms with van der Waals surface area (Å²) in [6, 6.07) is 9.59. The molecule has 0 aliphatic rings. The molecule has 0 aromatic heterocycles. The molecule has 92 valence electrons. The third-order valence-electron chi connectivity index (χ3n) is 2.28. The lowest BCUT2D eigenvalue weighted by Gasteiger charge is -2.07. The molecule has 0 bridgehead atoms. The maximum absolute atomic E-state index is 11.6. The summed E-state index contributed by atoms with van der Waals surface area (Å²) in [5.74, 6) is -0.957. The third-order valence-corrected chi connectivity index (χ3v) is 2.70. The van der Waals surface area contributed by atoms with Gasteiger partial charge in [0.15, 0.2) is 11.2 Å². The van der Waals surface area contributed by atoms with Gasteiger partial charge in [-0.1, -0.05) is 30.3 Å². The highest BCUT2D eigenvalue weighted by molar-refractivity contribution is 6.41. The van der Waals surface area contributed by atoms with Crippen molar-refractivity contribution in [1.82, 2.24) is 0 Å². The van der Waals surface area contributed by atoms with Gasteiger partial charge in [-0.05, 0) is 18.9 Å². The molecule has 0 aliphatic heterocycles. The predicted molar refractivity (Wildman–Crippen MR) is 66.0 cm³/mol. The van der Waals surface area contributed by atoms with Crippen molar-refractivity contribution in [1.29, 1.82) is 0 Å². The molecule has 0 unspecified atom stereocenters. The van der Waals surface area contributed by atoms with Crippen molar-refractivity contribution < 1.29 is 14.3 Å². The highest BCUT2D eigenvalue weighted by atomic mass is 35.5. The van der Waals surface area contributed by atoms with E-state index in [1.807, 2.05) is 30.3 Å². The van der Waals surface area contributed by atoms with Crippen LogP contribution in [0.4, 0.5) is 0 Å². The van der Waals surface area contributed by atoms with Crippen LogP contribution >= 0.6 is 11.6 Å². The zero-order valence-corrected chi connectivity index (χ0v) is 10.4. The van der Waals surface area contributed by atoms with Crippen LogP contribution in [0, 0.1) is 0 Å². The van der Waals surface area contributed by atoms with Crippen LogP contribution in [0.5, 0.6) is 0 Å². The number of carbonyl (C=O) groups is 2. The molecule has 0 N–H and O–H groups in total. The Labute approximate surface area is 106 Å². The van der Waals surface area contributed by atoms with E-state index in [4.69, 9.17) is 11.6 Å². The van der Waals surface area contributed by atoms with E-state index in [9.17, 15) is 9.59 Å². The quantitative estimate of drug-likeness (QED) is 0.445. The Bertz CT molecular complexity index is 376. The minimum absolute atomic E-state index is 0.230. The Morgan fingerprint density at radius 3 is 2.53 bits per heavy atom. The fourth-order valence-electron chi connectivity index (χ4n) is 1.39. The average Bonchev–Trinajstić information content (AvgIpc) is 2.36. The normalized spacial score (nSPS) is 11.9. The van der Waals surface area contributed by atoms with Crippen LogP contribution in [0.15, 0.2) is 30.3 Å². The van der Waals surface area contributed by atoms with Gasteiger partial charge in [0.05, 0.1) is 6.61 Å². The summed E-state index contributed by atoms with van der Waals surface area (Å²) in [7, 11) is 0.